The number of ether oxygens (including phenoxy) is 4. The number of aliphatic hydroxyl groups excluding tert-OH is 2. The van der Waals surface area contributed by atoms with Crippen molar-refractivity contribution in [1.82, 2.24) is 0 Å². The first-order valence-corrected chi connectivity index (χ1v) is 22.4. The summed E-state index contributed by atoms with van der Waals surface area (Å²) in [5, 5.41) is 21.1. The van der Waals surface area contributed by atoms with E-state index in [1.165, 1.54) is 23.8 Å². The highest BCUT2D eigenvalue weighted by Crippen LogP contribution is 2.49. The van der Waals surface area contributed by atoms with Gasteiger partial charge in [-0.1, -0.05) is 96.6 Å². The summed E-state index contributed by atoms with van der Waals surface area (Å²) < 4.78 is 31.2. The Bertz CT molecular complexity index is 2610. The number of esters is 2. The second-order valence-corrected chi connectivity index (χ2v) is 18.2. The van der Waals surface area contributed by atoms with Crippen LogP contribution in [-0.2, 0) is 43.2 Å². The van der Waals surface area contributed by atoms with E-state index in [9.17, 15) is 24.6 Å². The number of methoxy groups -OCH3 is 1. The first kappa shape index (κ1) is 44.8. The first-order chi connectivity index (χ1) is 30.9. The number of aliphatic hydroxyl groups is 2. The Kier molecular flexibility index (Phi) is 13.4. The molecule has 1 aliphatic carbocycles. The molecule has 10 nitrogen and oxygen atoms in total. The van der Waals surface area contributed by atoms with Gasteiger partial charge in [-0.3, -0.25) is 4.79 Å². The Morgan fingerprint density at radius 2 is 1.62 bits per heavy atom. The second-order valence-electron chi connectivity index (χ2n) is 18.2. The number of carbonyl (C=O) groups excluding carboxylic acids is 2. The third-order valence-electron chi connectivity index (χ3n) is 13.3. The van der Waals surface area contributed by atoms with Gasteiger partial charge in [0.15, 0.2) is 12.2 Å². The second kappa shape index (κ2) is 19.1. The number of fused-ring (bicyclic) bond motifs is 11. The number of benzene rings is 4. The van der Waals surface area contributed by atoms with Crippen molar-refractivity contribution < 1.29 is 43.2 Å². The summed E-state index contributed by atoms with van der Waals surface area (Å²) >= 11 is 0. The van der Waals surface area contributed by atoms with Crippen LogP contribution in [0.1, 0.15) is 122 Å². The van der Waals surface area contributed by atoms with E-state index in [0.29, 0.717) is 35.8 Å². The highest BCUT2D eigenvalue weighted by Gasteiger charge is 2.51. The number of allylic oxidation sites excluding steroid dienone is 3. The van der Waals surface area contributed by atoms with Crippen LogP contribution in [0, 0.1) is 5.92 Å². The van der Waals surface area contributed by atoms with Crippen molar-refractivity contribution in [2.45, 2.75) is 108 Å². The average Bonchev–Trinajstić information content (AvgIpc) is 3.27. The van der Waals surface area contributed by atoms with Crippen LogP contribution in [-0.4, -0.2) is 54.2 Å². The predicted octanol–water partition coefficient (Wildman–Crippen LogP) is 9.47. The van der Waals surface area contributed by atoms with Gasteiger partial charge in [-0.2, -0.15) is 0 Å². The van der Waals surface area contributed by atoms with E-state index in [-0.39, 0.29) is 66.3 Å². The molecule has 6 atom stereocenters. The van der Waals surface area contributed by atoms with E-state index >= 15 is 0 Å². The molecule has 4 heterocycles. The monoisotopic (exact) mass is 866 g/mol. The summed E-state index contributed by atoms with van der Waals surface area (Å²) in [5.74, 6) is -1.54. The predicted molar refractivity (Wildman–Crippen MR) is 244 cm³/mol. The molecule has 3 aliphatic heterocycles. The Hall–Kier alpha value is -5.81. The van der Waals surface area contributed by atoms with E-state index in [1.54, 1.807) is 26.0 Å². The number of hydrogen-bond donors (Lipinski definition) is 2. The van der Waals surface area contributed by atoms with E-state index in [4.69, 9.17) is 23.4 Å². The van der Waals surface area contributed by atoms with Crippen LogP contribution in [0.2, 0.25) is 0 Å². The Balaban J connectivity index is 1.23. The molecular weight excluding hydrogens is 809 g/mol. The topological polar surface area (TPSA) is 142 Å². The zero-order valence-electron chi connectivity index (χ0n) is 37.3. The van der Waals surface area contributed by atoms with Gasteiger partial charge < -0.3 is 33.6 Å². The number of hydrogen-bond acceptors (Lipinski definition) is 10. The number of carbonyl (C=O) groups is 2. The summed E-state index contributed by atoms with van der Waals surface area (Å²) in [7, 11) is 1.50. The molecule has 0 spiro atoms. The lowest BCUT2D eigenvalue weighted by molar-refractivity contribution is -0.188. The maximum atomic E-state index is 14.8. The molecule has 0 saturated heterocycles. The molecule has 64 heavy (non-hydrogen) atoms. The summed E-state index contributed by atoms with van der Waals surface area (Å²) in [6.45, 7) is 6.68. The van der Waals surface area contributed by atoms with Crippen molar-refractivity contribution in [3.05, 3.63) is 169 Å². The van der Waals surface area contributed by atoms with Gasteiger partial charge in [0.1, 0.15) is 16.9 Å². The zero-order chi connectivity index (χ0) is 45.1. The van der Waals surface area contributed by atoms with Gasteiger partial charge in [0.05, 0.1) is 18.8 Å². The maximum absolute atomic E-state index is 14.8. The molecule has 4 aromatic carbocycles. The highest BCUT2D eigenvalue weighted by atomic mass is 16.6. The van der Waals surface area contributed by atoms with Gasteiger partial charge in [0.25, 0.3) is 0 Å². The fourth-order valence-corrected chi connectivity index (χ4v) is 10.0. The summed E-state index contributed by atoms with van der Waals surface area (Å²) in [6.07, 6.45) is 4.83. The minimum atomic E-state index is -1.26. The van der Waals surface area contributed by atoms with Crippen molar-refractivity contribution in [2.75, 3.05) is 20.3 Å². The lowest BCUT2D eigenvalue weighted by atomic mass is 9.72. The van der Waals surface area contributed by atoms with Crippen LogP contribution in [0.5, 0.6) is 5.75 Å². The molecule has 0 fully saturated rings. The molecule has 0 radical (unpaired) electrons. The van der Waals surface area contributed by atoms with E-state index in [0.717, 1.165) is 23.1 Å². The van der Waals surface area contributed by atoms with Gasteiger partial charge in [0, 0.05) is 54.4 Å². The van der Waals surface area contributed by atoms with Gasteiger partial charge in [-0.15, -0.1) is 0 Å². The van der Waals surface area contributed by atoms with Crippen molar-refractivity contribution in [2.24, 2.45) is 5.92 Å². The molecule has 9 rings (SSSR count). The smallest absolute Gasteiger partial charge is 0.340 e. The van der Waals surface area contributed by atoms with E-state index in [2.05, 4.69) is 84.9 Å². The normalized spacial score (nSPS) is 22.4. The fourth-order valence-electron chi connectivity index (χ4n) is 10.0. The molecule has 1 aromatic heterocycles. The van der Waals surface area contributed by atoms with Gasteiger partial charge in [0.2, 0.25) is 0 Å². The van der Waals surface area contributed by atoms with Crippen LogP contribution < -0.4 is 10.4 Å². The maximum Gasteiger partial charge on any atom is 0.340 e. The Labute approximate surface area is 374 Å². The Morgan fingerprint density at radius 3 is 2.34 bits per heavy atom. The van der Waals surface area contributed by atoms with Gasteiger partial charge >= 0.3 is 17.6 Å². The van der Waals surface area contributed by atoms with Gasteiger partial charge in [-0.25, -0.2) is 9.59 Å². The molecule has 4 aliphatic rings. The summed E-state index contributed by atoms with van der Waals surface area (Å²) in [6, 6.07) is 30.9. The quantitative estimate of drug-likeness (QED) is 0.0637. The van der Waals surface area contributed by atoms with Crippen molar-refractivity contribution >= 4 is 22.9 Å². The van der Waals surface area contributed by atoms with Crippen LogP contribution in [0.3, 0.4) is 0 Å². The third kappa shape index (κ3) is 9.23. The van der Waals surface area contributed by atoms with Crippen LogP contribution in [0.15, 0.2) is 124 Å². The molecule has 2 N–H and O–H groups in total. The lowest BCUT2D eigenvalue weighted by Gasteiger charge is -2.43. The van der Waals surface area contributed by atoms with E-state index < -0.39 is 47.9 Å². The number of rotatable bonds is 9. The van der Waals surface area contributed by atoms with Crippen LogP contribution >= 0.6 is 0 Å². The summed E-state index contributed by atoms with van der Waals surface area (Å²) in [4.78, 5) is 43.2. The molecular formula is C54H58O10. The average molecular weight is 867 g/mol. The van der Waals surface area contributed by atoms with Crippen molar-refractivity contribution in [3.63, 3.8) is 0 Å². The minimum Gasteiger partial charge on any atom is -0.483 e. The Morgan fingerprint density at radius 1 is 0.859 bits per heavy atom. The SMILES string of the molecule is COCC(CCO)c1c(CO)c2ccc3c(c2oc1=O)C1OC(=O)CC2CC(c4cccc(Cc5ccccc5)c4)C=CC2c2ccc(cc2)CCC(=C(C)C)C(=O)OC1C(C)(C)O3. The molecule has 0 saturated carbocycles. The standard InChI is InChI=1S/C54H58O10/c1-32(2)41-20-16-33-14-17-36(18-15-33)42-21-19-38(37-13-9-12-35(27-37)26-34-10-7-6-8-11-34)28-40(42)29-46(57)61-50-48-45(64-54(3,4)51(50)63-52(41)58)23-22-43-44(30-56)47(53(59)62-49(43)48)39(24-25-55)31-60-5/h6-15,17-19,21-23,27,38-40,42,50-51,55-56H,16,20,24-26,28-31H2,1-5H3. The van der Waals surface area contributed by atoms with Crippen LogP contribution in [0.25, 0.3) is 11.0 Å². The largest absolute Gasteiger partial charge is 0.483 e. The molecule has 6 unspecified atom stereocenters. The minimum absolute atomic E-state index is 0.0462. The third-order valence-corrected chi connectivity index (χ3v) is 13.3. The van der Waals surface area contributed by atoms with Crippen molar-refractivity contribution in [1.29, 1.82) is 0 Å². The highest BCUT2D eigenvalue weighted by molar-refractivity contribution is 5.90. The molecule has 10 heteroatoms. The molecule has 0 amide bonds. The molecule has 5 aromatic rings. The van der Waals surface area contributed by atoms with Gasteiger partial charge in [-0.05, 0) is 111 Å². The zero-order valence-corrected chi connectivity index (χ0v) is 37.3. The first-order valence-electron chi connectivity index (χ1n) is 22.4. The number of aryl methyl sites for hydroxylation is 1. The molecule has 2 bridgehead atoms. The lowest BCUT2D eigenvalue weighted by Crippen LogP contribution is -2.52. The summed E-state index contributed by atoms with van der Waals surface area (Å²) in [5.41, 5.74) is 5.91. The van der Waals surface area contributed by atoms with Crippen molar-refractivity contribution in [3.8, 4) is 5.75 Å². The fraction of sp³-hybridized carbons (Fsp3) is 0.389. The van der Waals surface area contributed by atoms with Crippen LogP contribution in [0.4, 0.5) is 0 Å². The molecule has 334 valence electrons. The van der Waals surface area contributed by atoms with E-state index in [1.807, 2.05) is 19.9 Å².